The van der Waals surface area contributed by atoms with Gasteiger partial charge in [0, 0.05) is 25.2 Å². The Morgan fingerprint density at radius 3 is 2.78 bits per heavy atom. The average Bonchev–Trinajstić information content (AvgIpc) is 2.63. The monoisotopic (exact) mass is 312 g/mol. The molecule has 0 saturated heterocycles. The number of aromatic nitrogens is 2. The van der Waals surface area contributed by atoms with Gasteiger partial charge in [-0.3, -0.25) is 4.68 Å². The molecule has 0 aliphatic carbocycles. The van der Waals surface area contributed by atoms with E-state index in [-0.39, 0.29) is 5.82 Å². The first-order valence-electron chi connectivity index (χ1n) is 5.59. The standard InChI is InChI=1S/C13H14BrFN2O/c1-8-10(7-17(2)16-8)13(18)6-9-3-4-12(15)11(14)5-9/h3-5,7,13,18H,6H2,1-2H3. The smallest absolute Gasteiger partial charge is 0.137 e. The molecule has 5 heteroatoms. The summed E-state index contributed by atoms with van der Waals surface area (Å²) in [5.74, 6) is -0.300. The second kappa shape index (κ2) is 5.20. The normalized spacial score (nSPS) is 12.7. The number of benzene rings is 1. The van der Waals surface area contributed by atoms with Crippen molar-refractivity contribution < 1.29 is 9.50 Å². The van der Waals surface area contributed by atoms with Crippen LogP contribution < -0.4 is 0 Å². The molecule has 1 aromatic carbocycles. The van der Waals surface area contributed by atoms with Crippen molar-refractivity contribution in [2.75, 3.05) is 0 Å². The Labute approximate surface area is 113 Å². The third-order valence-electron chi connectivity index (χ3n) is 2.82. The molecule has 0 radical (unpaired) electrons. The number of halogens is 2. The first-order valence-corrected chi connectivity index (χ1v) is 6.39. The second-order valence-corrected chi connectivity index (χ2v) is 5.17. The fraction of sp³-hybridized carbons (Fsp3) is 0.308. The molecule has 1 unspecified atom stereocenters. The van der Waals surface area contributed by atoms with Gasteiger partial charge in [0.05, 0.1) is 16.3 Å². The average molecular weight is 313 g/mol. The van der Waals surface area contributed by atoms with E-state index < -0.39 is 6.10 Å². The molecular weight excluding hydrogens is 299 g/mol. The van der Waals surface area contributed by atoms with E-state index in [1.54, 1.807) is 23.0 Å². The lowest BCUT2D eigenvalue weighted by atomic mass is 10.0. The van der Waals surface area contributed by atoms with Crippen molar-refractivity contribution in [3.05, 3.63) is 51.5 Å². The lowest BCUT2D eigenvalue weighted by Gasteiger charge is -2.10. The van der Waals surface area contributed by atoms with Crippen LogP contribution in [0.1, 0.15) is 22.9 Å². The Morgan fingerprint density at radius 1 is 1.50 bits per heavy atom. The number of aliphatic hydroxyl groups excluding tert-OH is 1. The Morgan fingerprint density at radius 2 is 2.22 bits per heavy atom. The topological polar surface area (TPSA) is 38.0 Å². The SMILES string of the molecule is Cc1nn(C)cc1C(O)Cc1ccc(F)c(Br)c1. The minimum Gasteiger partial charge on any atom is -0.388 e. The first kappa shape index (κ1) is 13.2. The molecule has 0 spiro atoms. The van der Waals surface area contributed by atoms with E-state index in [0.717, 1.165) is 16.8 Å². The number of nitrogens with zero attached hydrogens (tertiary/aromatic N) is 2. The van der Waals surface area contributed by atoms with E-state index in [4.69, 9.17) is 0 Å². The molecule has 0 amide bonds. The van der Waals surface area contributed by atoms with Crippen LogP contribution >= 0.6 is 15.9 Å². The number of rotatable bonds is 3. The van der Waals surface area contributed by atoms with Gasteiger partial charge in [-0.1, -0.05) is 6.07 Å². The van der Waals surface area contributed by atoms with Crippen LogP contribution in [0.3, 0.4) is 0 Å². The summed E-state index contributed by atoms with van der Waals surface area (Å²) in [6.45, 7) is 1.86. The summed E-state index contributed by atoms with van der Waals surface area (Å²) in [5, 5.41) is 14.4. The minimum atomic E-state index is -0.629. The third-order valence-corrected chi connectivity index (χ3v) is 3.43. The molecule has 96 valence electrons. The molecule has 0 saturated carbocycles. The maximum absolute atomic E-state index is 13.1. The summed E-state index contributed by atoms with van der Waals surface area (Å²) in [5.41, 5.74) is 2.49. The van der Waals surface area contributed by atoms with Crippen LogP contribution in [0.25, 0.3) is 0 Å². The summed E-state index contributed by atoms with van der Waals surface area (Å²) >= 11 is 3.14. The molecule has 2 rings (SSSR count). The van der Waals surface area contributed by atoms with E-state index >= 15 is 0 Å². The molecule has 1 heterocycles. The fourth-order valence-corrected chi connectivity index (χ4v) is 2.37. The Kier molecular flexibility index (Phi) is 3.82. The van der Waals surface area contributed by atoms with Gasteiger partial charge in [0.25, 0.3) is 0 Å². The highest BCUT2D eigenvalue weighted by atomic mass is 79.9. The molecule has 1 N–H and O–H groups in total. The van der Waals surface area contributed by atoms with Gasteiger partial charge in [0.1, 0.15) is 5.82 Å². The lowest BCUT2D eigenvalue weighted by Crippen LogP contribution is -2.02. The first-order chi connectivity index (χ1) is 8.47. The molecular formula is C13H14BrFN2O. The molecule has 1 aromatic heterocycles. The van der Waals surface area contributed by atoms with E-state index in [9.17, 15) is 9.50 Å². The Bertz CT molecular complexity index is 568. The number of hydrogen-bond acceptors (Lipinski definition) is 2. The van der Waals surface area contributed by atoms with E-state index in [2.05, 4.69) is 21.0 Å². The zero-order valence-electron chi connectivity index (χ0n) is 10.2. The fourth-order valence-electron chi connectivity index (χ4n) is 1.94. The molecule has 18 heavy (non-hydrogen) atoms. The summed E-state index contributed by atoms with van der Waals surface area (Å²) in [6, 6.07) is 4.75. The molecule has 0 bridgehead atoms. The molecule has 1 atom stereocenters. The summed E-state index contributed by atoms with van der Waals surface area (Å²) in [6.07, 6.45) is 1.61. The lowest BCUT2D eigenvalue weighted by molar-refractivity contribution is 0.177. The highest BCUT2D eigenvalue weighted by Crippen LogP contribution is 2.23. The van der Waals surface area contributed by atoms with E-state index in [1.165, 1.54) is 6.07 Å². The van der Waals surface area contributed by atoms with Crippen LogP contribution in [-0.2, 0) is 13.5 Å². The molecule has 0 aliphatic heterocycles. The van der Waals surface area contributed by atoms with E-state index in [0.29, 0.717) is 10.9 Å². The molecule has 0 aliphatic rings. The summed E-state index contributed by atoms with van der Waals surface area (Å²) in [7, 11) is 1.82. The Hall–Kier alpha value is -1.20. The maximum atomic E-state index is 13.1. The minimum absolute atomic E-state index is 0.300. The summed E-state index contributed by atoms with van der Waals surface area (Å²) in [4.78, 5) is 0. The second-order valence-electron chi connectivity index (χ2n) is 4.31. The van der Waals surface area contributed by atoms with Crippen molar-refractivity contribution in [1.82, 2.24) is 9.78 Å². The highest BCUT2D eigenvalue weighted by molar-refractivity contribution is 9.10. The number of hydrogen-bond donors (Lipinski definition) is 1. The molecule has 2 aromatic rings. The molecule has 0 fully saturated rings. The highest BCUT2D eigenvalue weighted by Gasteiger charge is 2.14. The van der Waals surface area contributed by atoms with Gasteiger partial charge in [0.15, 0.2) is 0 Å². The van der Waals surface area contributed by atoms with Crippen LogP contribution in [-0.4, -0.2) is 14.9 Å². The van der Waals surface area contributed by atoms with Crippen LogP contribution in [0.4, 0.5) is 4.39 Å². The van der Waals surface area contributed by atoms with Gasteiger partial charge in [-0.25, -0.2) is 4.39 Å². The zero-order valence-corrected chi connectivity index (χ0v) is 11.8. The van der Waals surface area contributed by atoms with Gasteiger partial charge in [-0.15, -0.1) is 0 Å². The van der Waals surface area contributed by atoms with Crippen LogP contribution in [0.2, 0.25) is 0 Å². The van der Waals surface area contributed by atoms with Crippen molar-refractivity contribution in [3.8, 4) is 0 Å². The number of aliphatic hydroxyl groups is 1. The van der Waals surface area contributed by atoms with Crippen LogP contribution in [0.5, 0.6) is 0 Å². The van der Waals surface area contributed by atoms with Crippen molar-refractivity contribution in [2.24, 2.45) is 7.05 Å². The van der Waals surface area contributed by atoms with Gasteiger partial charge in [-0.2, -0.15) is 5.10 Å². The van der Waals surface area contributed by atoms with Crippen molar-refractivity contribution in [3.63, 3.8) is 0 Å². The van der Waals surface area contributed by atoms with Crippen molar-refractivity contribution >= 4 is 15.9 Å². The summed E-state index contributed by atoms with van der Waals surface area (Å²) < 4.78 is 15.2. The predicted octanol–water partition coefficient (Wildman–Crippen LogP) is 2.91. The Balaban J connectivity index is 2.18. The van der Waals surface area contributed by atoms with Gasteiger partial charge >= 0.3 is 0 Å². The van der Waals surface area contributed by atoms with Gasteiger partial charge in [-0.05, 0) is 40.5 Å². The van der Waals surface area contributed by atoms with Crippen molar-refractivity contribution in [1.29, 1.82) is 0 Å². The van der Waals surface area contributed by atoms with Gasteiger partial charge in [0.2, 0.25) is 0 Å². The van der Waals surface area contributed by atoms with Crippen molar-refractivity contribution in [2.45, 2.75) is 19.4 Å². The largest absolute Gasteiger partial charge is 0.388 e. The quantitative estimate of drug-likeness (QED) is 0.946. The maximum Gasteiger partial charge on any atom is 0.137 e. The van der Waals surface area contributed by atoms with E-state index in [1.807, 2.05) is 14.0 Å². The van der Waals surface area contributed by atoms with Gasteiger partial charge < -0.3 is 5.11 Å². The predicted molar refractivity (Wildman–Crippen MR) is 70.7 cm³/mol. The van der Waals surface area contributed by atoms with Crippen LogP contribution in [0.15, 0.2) is 28.9 Å². The molecule has 3 nitrogen and oxygen atoms in total. The third kappa shape index (κ3) is 2.79. The van der Waals surface area contributed by atoms with Crippen LogP contribution in [0, 0.1) is 12.7 Å². The zero-order chi connectivity index (χ0) is 13.3. The number of aryl methyl sites for hydroxylation is 2.